The minimum atomic E-state index is -0.956. The maximum atomic E-state index is 10.9. The predicted octanol–water partition coefficient (Wildman–Crippen LogP) is 2.09. The molecule has 19 heavy (non-hydrogen) atoms. The van der Waals surface area contributed by atoms with Gasteiger partial charge in [-0.3, -0.25) is 0 Å². The van der Waals surface area contributed by atoms with Crippen LogP contribution in [0.1, 0.15) is 28.8 Å². The predicted molar refractivity (Wildman–Crippen MR) is 68.6 cm³/mol. The Hall–Kier alpha value is -1.59. The fourth-order valence-electron chi connectivity index (χ4n) is 2.10. The van der Waals surface area contributed by atoms with E-state index in [0.717, 1.165) is 25.0 Å². The van der Waals surface area contributed by atoms with Crippen molar-refractivity contribution in [2.45, 2.75) is 25.6 Å². The highest BCUT2D eigenvalue weighted by Gasteiger charge is 2.16. The monoisotopic (exact) mass is 266 g/mol. The summed E-state index contributed by atoms with van der Waals surface area (Å²) >= 11 is 0. The number of aromatic carboxylic acids is 1. The van der Waals surface area contributed by atoms with Gasteiger partial charge in [0, 0.05) is 12.2 Å². The molecular formula is C14H18O5. The number of hydrogen-bond acceptors (Lipinski definition) is 4. The minimum Gasteiger partial charge on any atom is -0.496 e. The Bertz CT molecular complexity index is 437. The molecule has 2 rings (SSSR count). The van der Waals surface area contributed by atoms with Crippen molar-refractivity contribution in [3.05, 3.63) is 29.3 Å². The van der Waals surface area contributed by atoms with Gasteiger partial charge in [0.15, 0.2) is 0 Å². The first kappa shape index (κ1) is 13.8. The molecule has 5 nitrogen and oxygen atoms in total. The molecule has 0 amide bonds. The molecule has 0 aliphatic carbocycles. The van der Waals surface area contributed by atoms with Crippen molar-refractivity contribution in [2.24, 2.45) is 0 Å². The number of carboxylic acids is 1. The lowest BCUT2D eigenvalue weighted by molar-refractivity contribution is 0.0101. The van der Waals surface area contributed by atoms with Gasteiger partial charge in [-0.2, -0.15) is 0 Å². The molecule has 1 aliphatic heterocycles. The van der Waals surface area contributed by atoms with E-state index in [-0.39, 0.29) is 11.7 Å². The van der Waals surface area contributed by atoms with Crippen LogP contribution >= 0.6 is 0 Å². The summed E-state index contributed by atoms with van der Waals surface area (Å²) in [6.07, 6.45) is 2.26. The molecule has 1 atom stereocenters. The topological polar surface area (TPSA) is 65.0 Å². The summed E-state index contributed by atoms with van der Waals surface area (Å²) in [5.41, 5.74) is 0.969. The van der Waals surface area contributed by atoms with Crippen LogP contribution in [0.2, 0.25) is 0 Å². The van der Waals surface area contributed by atoms with E-state index in [2.05, 4.69) is 0 Å². The number of ether oxygens (including phenoxy) is 3. The SMILES string of the molecule is COc1ccc(C(=O)O)cc1COCC1CCCO1. The highest BCUT2D eigenvalue weighted by atomic mass is 16.5. The minimum absolute atomic E-state index is 0.161. The molecule has 1 fully saturated rings. The van der Waals surface area contributed by atoms with Crippen LogP contribution < -0.4 is 4.74 Å². The highest BCUT2D eigenvalue weighted by Crippen LogP contribution is 2.21. The van der Waals surface area contributed by atoms with Crippen LogP contribution in [0, 0.1) is 0 Å². The van der Waals surface area contributed by atoms with Crippen molar-refractivity contribution in [3.63, 3.8) is 0 Å². The number of rotatable bonds is 6. The van der Waals surface area contributed by atoms with Gasteiger partial charge in [-0.05, 0) is 31.0 Å². The fourth-order valence-corrected chi connectivity index (χ4v) is 2.10. The third-order valence-corrected chi connectivity index (χ3v) is 3.11. The Balaban J connectivity index is 1.96. The van der Waals surface area contributed by atoms with Gasteiger partial charge in [0.25, 0.3) is 0 Å². The van der Waals surface area contributed by atoms with Gasteiger partial charge in [-0.15, -0.1) is 0 Å². The molecule has 1 heterocycles. The standard InChI is InChI=1S/C14H18O5/c1-17-13-5-4-10(14(15)16)7-11(13)8-18-9-12-3-2-6-19-12/h4-5,7,12H,2-3,6,8-9H2,1H3,(H,15,16). The van der Waals surface area contributed by atoms with Crippen molar-refractivity contribution in [3.8, 4) is 5.75 Å². The number of methoxy groups -OCH3 is 1. The molecule has 1 saturated heterocycles. The van der Waals surface area contributed by atoms with Crippen LogP contribution in [0.15, 0.2) is 18.2 Å². The van der Waals surface area contributed by atoms with Crippen LogP contribution in [0.4, 0.5) is 0 Å². The Kier molecular flexibility index (Phi) is 4.76. The Morgan fingerprint density at radius 3 is 3.00 bits per heavy atom. The van der Waals surface area contributed by atoms with E-state index < -0.39 is 5.97 Å². The lowest BCUT2D eigenvalue weighted by atomic mass is 10.1. The van der Waals surface area contributed by atoms with E-state index in [9.17, 15) is 4.79 Å². The summed E-state index contributed by atoms with van der Waals surface area (Å²) in [5, 5.41) is 8.97. The smallest absolute Gasteiger partial charge is 0.335 e. The van der Waals surface area contributed by atoms with Crippen LogP contribution in [0.25, 0.3) is 0 Å². The van der Waals surface area contributed by atoms with Crippen LogP contribution in [-0.4, -0.2) is 37.5 Å². The Morgan fingerprint density at radius 1 is 1.53 bits per heavy atom. The first-order chi connectivity index (χ1) is 9.20. The van der Waals surface area contributed by atoms with Crippen LogP contribution in [0.5, 0.6) is 5.75 Å². The average Bonchev–Trinajstić information content (AvgIpc) is 2.91. The van der Waals surface area contributed by atoms with Gasteiger partial charge < -0.3 is 19.3 Å². The molecule has 0 saturated carbocycles. The lowest BCUT2D eigenvalue weighted by Gasteiger charge is -2.12. The molecule has 1 N–H and O–H groups in total. The van der Waals surface area contributed by atoms with Crippen molar-refractivity contribution in [1.29, 1.82) is 0 Å². The van der Waals surface area contributed by atoms with Gasteiger partial charge in [0.05, 0.1) is 32.0 Å². The van der Waals surface area contributed by atoms with Crippen molar-refractivity contribution < 1.29 is 24.1 Å². The quantitative estimate of drug-likeness (QED) is 0.854. The number of carbonyl (C=O) groups is 1. The summed E-state index contributed by atoms with van der Waals surface area (Å²) in [7, 11) is 1.55. The zero-order valence-electron chi connectivity index (χ0n) is 10.9. The first-order valence-electron chi connectivity index (χ1n) is 6.30. The average molecular weight is 266 g/mol. The molecule has 0 bridgehead atoms. The van der Waals surface area contributed by atoms with Crippen LogP contribution in [-0.2, 0) is 16.1 Å². The first-order valence-corrected chi connectivity index (χ1v) is 6.30. The number of carboxylic acid groups (broad SMARTS) is 1. The van der Waals surface area contributed by atoms with E-state index in [1.165, 1.54) is 6.07 Å². The summed E-state index contributed by atoms with van der Waals surface area (Å²) < 4.78 is 16.2. The fraction of sp³-hybridized carbons (Fsp3) is 0.500. The summed E-state index contributed by atoms with van der Waals surface area (Å²) in [4.78, 5) is 10.9. The zero-order valence-corrected chi connectivity index (χ0v) is 10.9. The van der Waals surface area contributed by atoms with Crippen molar-refractivity contribution in [2.75, 3.05) is 20.3 Å². The van der Waals surface area contributed by atoms with Gasteiger partial charge >= 0.3 is 5.97 Å². The number of hydrogen-bond donors (Lipinski definition) is 1. The molecule has 1 aliphatic rings. The van der Waals surface area contributed by atoms with E-state index in [1.54, 1.807) is 19.2 Å². The second-order valence-corrected chi connectivity index (χ2v) is 4.48. The second-order valence-electron chi connectivity index (χ2n) is 4.48. The molecule has 0 aromatic heterocycles. The third-order valence-electron chi connectivity index (χ3n) is 3.11. The zero-order chi connectivity index (χ0) is 13.7. The van der Waals surface area contributed by atoms with Gasteiger partial charge in [0.2, 0.25) is 0 Å². The van der Waals surface area contributed by atoms with Crippen LogP contribution in [0.3, 0.4) is 0 Å². The maximum absolute atomic E-state index is 10.9. The largest absolute Gasteiger partial charge is 0.496 e. The maximum Gasteiger partial charge on any atom is 0.335 e. The summed E-state index contributed by atoms with van der Waals surface area (Å²) in [5.74, 6) is -0.319. The van der Waals surface area contributed by atoms with E-state index in [0.29, 0.717) is 19.0 Å². The van der Waals surface area contributed by atoms with E-state index in [4.69, 9.17) is 19.3 Å². The number of benzene rings is 1. The highest BCUT2D eigenvalue weighted by molar-refractivity contribution is 5.88. The van der Waals surface area contributed by atoms with Gasteiger partial charge in [0.1, 0.15) is 5.75 Å². The van der Waals surface area contributed by atoms with Crippen molar-refractivity contribution >= 4 is 5.97 Å². The van der Waals surface area contributed by atoms with E-state index >= 15 is 0 Å². The molecule has 0 spiro atoms. The molecule has 1 aromatic carbocycles. The van der Waals surface area contributed by atoms with E-state index in [1.807, 2.05) is 0 Å². The van der Waals surface area contributed by atoms with Crippen molar-refractivity contribution in [1.82, 2.24) is 0 Å². The Morgan fingerprint density at radius 2 is 2.37 bits per heavy atom. The second kappa shape index (κ2) is 6.54. The summed E-state index contributed by atoms with van der Waals surface area (Å²) in [6, 6.07) is 4.75. The molecular weight excluding hydrogens is 248 g/mol. The van der Waals surface area contributed by atoms with Gasteiger partial charge in [-0.25, -0.2) is 4.79 Å². The molecule has 1 unspecified atom stereocenters. The lowest BCUT2D eigenvalue weighted by Crippen LogP contribution is -2.14. The molecule has 1 aromatic rings. The molecule has 104 valence electrons. The Labute approximate surface area is 112 Å². The summed E-state index contributed by atoms with van der Waals surface area (Å²) in [6.45, 7) is 1.65. The molecule has 0 radical (unpaired) electrons. The normalized spacial score (nSPS) is 18.5. The third kappa shape index (κ3) is 3.68. The molecule has 5 heteroatoms. The van der Waals surface area contributed by atoms with Gasteiger partial charge in [-0.1, -0.05) is 0 Å².